The van der Waals surface area contributed by atoms with E-state index in [0.717, 1.165) is 22.0 Å². The fraction of sp³-hybridized carbons (Fsp3) is 0.259. The van der Waals surface area contributed by atoms with Crippen molar-refractivity contribution in [3.8, 4) is 0 Å². The van der Waals surface area contributed by atoms with Gasteiger partial charge in [0.2, 0.25) is 11.8 Å². The monoisotopic (exact) mass is 545 g/mol. The zero-order chi connectivity index (χ0) is 27.2. The first-order valence-corrected chi connectivity index (χ1v) is 13.5. The minimum absolute atomic E-state index is 0.0200. The van der Waals surface area contributed by atoms with E-state index in [1.807, 2.05) is 6.92 Å². The van der Waals surface area contributed by atoms with E-state index < -0.39 is 34.3 Å². The number of carbonyl (C=O) groups excluding carboxylic acids is 2. The van der Waals surface area contributed by atoms with E-state index in [2.05, 4.69) is 5.32 Å². The van der Waals surface area contributed by atoms with Crippen molar-refractivity contribution in [1.82, 2.24) is 10.2 Å². The molecule has 0 spiro atoms. The quantitative estimate of drug-likeness (QED) is 0.405. The predicted molar refractivity (Wildman–Crippen MR) is 142 cm³/mol. The lowest BCUT2D eigenvalue weighted by Gasteiger charge is -2.32. The molecular formula is C27H29ClFN3O4S. The van der Waals surface area contributed by atoms with Gasteiger partial charge in [-0.1, -0.05) is 41.4 Å². The highest BCUT2D eigenvalue weighted by Crippen LogP contribution is 2.25. The molecule has 0 saturated carbocycles. The zero-order valence-corrected chi connectivity index (χ0v) is 22.4. The van der Waals surface area contributed by atoms with Gasteiger partial charge in [-0.25, -0.2) is 12.8 Å². The highest BCUT2D eigenvalue weighted by molar-refractivity contribution is 7.92. The number of anilines is 1. The normalized spacial score (nSPS) is 12.0. The van der Waals surface area contributed by atoms with Crippen LogP contribution in [0.3, 0.4) is 0 Å². The molecule has 0 saturated heterocycles. The third-order valence-corrected chi connectivity index (χ3v) is 7.79. The van der Waals surface area contributed by atoms with Crippen molar-refractivity contribution in [1.29, 1.82) is 0 Å². The molecule has 0 aliphatic rings. The molecule has 0 radical (unpaired) electrons. The van der Waals surface area contributed by atoms with E-state index in [9.17, 15) is 22.4 Å². The lowest BCUT2D eigenvalue weighted by molar-refractivity contribution is -0.139. The van der Waals surface area contributed by atoms with E-state index in [-0.39, 0.29) is 23.0 Å². The largest absolute Gasteiger partial charge is 0.355 e. The van der Waals surface area contributed by atoms with Crippen molar-refractivity contribution in [2.45, 2.75) is 38.3 Å². The van der Waals surface area contributed by atoms with Crippen LogP contribution in [0.1, 0.15) is 25.0 Å². The van der Waals surface area contributed by atoms with Crippen LogP contribution in [-0.2, 0) is 26.2 Å². The molecule has 0 heterocycles. The summed E-state index contributed by atoms with van der Waals surface area (Å²) in [5.74, 6) is -1.54. The molecule has 1 atom stereocenters. The molecule has 0 aliphatic carbocycles. The van der Waals surface area contributed by atoms with Gasteiger partial charge in [0.25, 0.3) is 10.0 Å². The molecule has 0 unspecified atom stereocenters. The SMILES string of the molecule is CCNC(=O)[C@H](C)N(Cc1cccc(Cl)c1)C(=O)CN(c1ccc(F)cc1)S(=O)(=O)c1ccc(C)cc1. The minimum Gasteiger partial charge on any atom is -0.355 e. The summed E-state index contributed by atoms with van der Waals surface area (Å²) in [6.45, 7) is 4.95. The maximum atomic E-state index is 13.7. The van der Waals surface area contributed by atoms with Crippen molar-refractivity contribution < 1.29 is 22.4 Å². The topological polar surface area (TPSA) is 86.8 Å². The Balaban J connectivity index is 2.02. The molecule has 196 valence electrons. The Morgan fingerprint density at radius 2 is 1.68 bits per heavy atom. The molecule has 2 amide bonds. The summed E-state index contributed by atoms with van der Waals surface area (Å²) in [7, 11) is -4.21. The summed E-state index contributed by atoms with van der Waals surface area (Å²) in [6, 6.07) is 17.0. The van der Waals surface area contributed by atoms with Gasteiger partial charge in [0.05, 0.1) is 10.6 Å². The summed E-state index contributed by atoms with van der Waals surface area (Å²) in [5.41, 5.74) is 1.65. The maximum absolute atomic E-state index is 13.7. The van der Waals surface area contributed by atoms with Gasteiger partial charge in [0, 0.05) is 18.1 Å². The molecule has 37 heavy (non-hydrogen) atoms. The Morgan fingerprint density at radius 1 is 1.03 bits per heavy atom. The van der Waals surface area contributed by atoms with E-state index in [0.29, 0.717) is 17.1 Å². The Bertz CT molecular complexity index is 1350. The van der Waals surface area contributed by atoms with Crippen molar-refractivity contribution in [3.05, 3.63) is 94.8 Å². The van der Waals surface area contributed by atoms with E-state index in [4.69, 9.17) is 11.6 Å². The van der Waals surface area contributed by atoms with Crippen LogP contribution < -0.4 is 9.62 Å². The maximum Gasteiger partial charge on any atom is 0.264 e. The van der Waals surface area contributed by atoms with Crippen LogP contribution in [0.25, 0.3) is 0 Å². The standard InChI is InChI=1S/C27H29ClFN3O4S/c1-4-30-27(34)20(3)31(17-21-6-5-7-22(28)16-21)26(33)18-32(24-12-10-23(29)11-13-24)37(35,36)25-14-8-19(2)9-15-25/h5-16,20H,4,17-18H2,1-3H3,(H,30,34)/t20-/m0/s1. The van der Waals surface area contributed by atoms with Crippen LogP contribution in [0, 0.1) is 12.7 Å². The van der Waals surface area contributed by atoms with Crippen LogP contribution in [-0.4, -0.2) is 44.3 Å². The number of amides is 2. The first kappa shape index (κ1) is 28.1. The molecule has 10 heteroatoms. The third kappa shape index (κ3) is 7.08. The number of aryl methyl sites for hydroxylation is 1. The van der Waals surface area contributed by atoms with Gasteiger partial charge in [-0.2, -0.15) is 0 Å². The van der Waals surface area contributed by atoms with Gasteiger partial charge in [0.1, 0.15) is 18.4 Å². The summed E-state index contributed by atoms with van der Waals surface area (Å²) in [4.78, 5) is 27.7. The third-order valence-electron chi connectivity index (χ3n) is 5.76. The second-order valence-electron chi connectivity index (χ2n) is 8.52. The number of nitrogens with zero attached hydrogens (tertiary/aromatic N) is 2. The molecule has 3 rings (SSSR count). The van der Waals surface area contributed by atoms with Gasteiger partial charge in [-0.05, 0) is 74.9 Å². The Kier molecular flexibility index (Phi) is 9.29. The molecule has 7 nitrogen and oxygen atoms in total. The molecule has 3 aromatic rings. The molecule has 0 aromatic heterocycles. The Hall–Kier alpha value is -3.43. The number of carbonyl (C=O) groups is 2. The number of benzene rings is 3. The minimum atomic E-state index is -4.21. The van der Waals surface area contributed by atoms with Crippen LogP contribution >= 0.6 is 11.6 Å². The highest BCUT2D eigenvalue weighted by Gasteiger charge is 2.32. The van der Waals surface area contributed by atoms with Crippen LogP contribution in [0.2, 0.25) is 5.02 Å². The van der Waals surface area contributed by atoms with Gasteiger partial charge >= 0.3 is 0 Å². The molecule has 0 fully saturated rings. The number of rotatable bonds is 10. The molecular weight excluding hydrogens is 517 g/mol. The highest BCUT2D eigenvalue weighted by atomic mass is 35.5. The summed E-state index contributed by atoms with van der Waals surface area (Å²) in [5, 5.41) is 3.16. The first-order valence-electron chi connectivity index (χ1n) is 11.7. The molecule has 3 aromatic carbocycles. The molecule has 0 aliphatic heterocycles. The Morgan fingerprint density at radius 3 is 2.27 bits per heavy atom. The van der Waals surface area contributed by atoms with Crippen molar-refractivity contribution >= 4 is 39.1 Å². The summed E-state index contributed by atoms with van der Waals surface area (Å²) in [6.07, 6.45) is 0. The van der Waals surface area contributed by atoms with Crippen molar-refractivity contribution in [2.75, 3.05) is 17.4 Å². The summed E-state index contributed by atoms with van der Waals surface area (Å²) >= 11 is 6.11. The van der Waals surface area contributed by atoms with Gasteiger partial charge in [-0.3, -0.25) is 13.9 Å². The van der Waals surface area contributed by atoms with Crippen molar-refractivity contribution in [2.24, 2.45) is 0 Å². The number of likely N-dealkylation sites (N-methyl/N-ethyl adjacent to an activating group) is 1. The fourth-order valence-electron chi connectivity index (χ4n) is 3.71. The number of sulfonamides is 1. The second kappa shape index (κ2) is 12.2. The zero-order valence-electron chi connectivity index (χ0n) is 20.8. The number of nitrogens with one attached hydrogen (secondary N) is 1. The number of hydrogen-bond acceptors (Lipinski definition) is 4. The average Bonchev–Trinajstić information content (AvgIpc) is 2.86. The van der Waals surface area contributed by atoms with Crippen molar-refractivity contribution in [3.63, 3.8) is 0 Å². The summed E-state index contributed by atoms with van der Waals surface area (Å²) < 4.78 is 41.9. The van der Waals surface area contributed by atoms with E-state index >= 15 is 0 Å². The van der Waals surface area contributed by atoms with Gasteiger partial charge in [-0.15, -0.1) is 0 Å². The predicted octanol–water partition coefficient (Wildman–Crippen LogP) is 4.54. The van der Waals surface area contributed by atoms with Crippen LogP contribution in [0.15, 0.2) is 77.7 Å². The first-order chi connectivity index (χ1) is 17.5. The van der Waals surface area contributed by atoms with E-state index in [1.165, 1.54) is 29.2 Å². The van der Waals surface area contributed by atoms with E-state index in [1.54, 1.807) is 50.2 Å². The molecule has 1 N–H and O–H groups in total. The fourth-order valence-corrected chi connectivity index (χ4v) is 5.34. The van der Waals surface area contributed by atoms with Gasteiger partial charge < -0.3 is 10.2 Å². The van der Waals surface area contributed by atoms with Crippen LogP contribution in [0.5, 0.6) is 0 Å². The average molecular weight is 546 g/mol. The lowest BCUT2D eigenvalue weighted by Crippen LogP contribution is -2.51. The van der Waals surface area contributed by atoms with Crippen LogP contribution in [0.4, 0.5) is 10.1 Å². The smallest absolute Gasteiger partial charge is 0.264 e. The lowest BCUT2D eigenvalue weighted by atomic mass is 10.1. The molecule has 0 bridgehead atoms. The van der Waals surface area contributed by atoms with Gasteiger partial charge in [0.15, 0.2) is 0 Å². The number of hydrogen-bond donors (Lipinski definition) is 1. The Labute approximate surface area is 221 Å². The number of halogens is 2. The second-order valence-corrected chi connectivity index (χ2v) is 10.8.